The minimum atomic E-state index is 0.103. The number of amides is 1. The molecule has 102 valence electrons. The number of nitrogens with one attached hydrogen (secondary N) is 1. The van der Waals surface area contributed by atoms with E-state index in [-0.39, 0.29) is 5.25 Å². The zero-order chi connectivity index (χ0) is 13.2. The molecule has 0 saturated carbocycles. The number of carbonyl (C=O) groups excluding carboxylic acids is 1. The van der Waals surface area contributed by atoms with Gasteiger partial charge in [0.15, 0.2) is 0 Å². The highest BCUT2D eigenvalue weighted by Crippen LogP contribution is 2.38. The van der Waals surface area contributed by atoms with Gasteiger partial charge in [-0.15, -0.1) is 11.8 Å². The molecule has 1 amide bonds. The lowest BCUT2D eigenvalue weighted by molar-refractivity contribution is -0.129. The molecule has 2 atom stereocenters. The molecule has 0 spiro atoms. The van der Waals surface area contributed by atoms with Gasteiger partial charge < -0.3 is 10.2 Å². The summed E-state index contributed by atoms with van der Waals surface area (Å²) in [7, 11) is 1.98. The van der Waals surface area contributed by atoms with Gasteiger partial charge in [-0.05, 0) is 44.0 Å². The molecular formula is C15H20N2OS. The van der Waals surface area contributed by atoms with Crippen LogP contribution in [0.5, 0.6) is 0 Å². The van der Waals surface area contributed by atoms with Crippen LogP contribution in [0.4, 0.5) is 0 Å². The van der Waals surface area contributed by atoms with Crippen LogP contribution in [0.3, 0.4) is 0 Å². The molecular weight excluding hydrogens is 256 g/mol. The van der Waals surface area contributed by atoms with E-state index >= 15 is 0 Å². The average molecular weight is 276 g/mol. The summed E-state index contributed by atoms with van der Waals surface area (Å²) < 4.78 is 0. The van der Waals surface area contributed by atoms with E-state index in [9.17, 15) is 4.79 Å². The molecule has 1 fully saturated rings. The number of hydrogen-bond acceptors (Lipinski definition) is 3. The van der Waals surface area contributed by atoms with Gasteiger partial charge in [-0.1, -0.05) is 18.2 Å². The Morgan fingerprint density at radius 1 is 1.47 bits per heavy atom. The molecule has 0 bridgehead atoms. The number of likely N-dealkylation sites (tertiary alicyclic amines) is 1. The Morgan fingerprint density at radius 3 is 3.11 bits per heavy atom. The number of thioether (sulfide) groups is 1. The first kappa shape index (κ1) is 13.0. The zero-order valence-corrected chi connectivity index (χ0v) is 12.1. The third-order valence-electron chi connectivity index (χ3n) is 4.01. The lowest BCUT2D eigenvalue weighted by Gasteiger charge is -2.20. The first-order chi connectivity index (χ1) is 9.28. The van der Waals surface area contributed by atoms with Gasteiger partial charge in [0.05, 0.1) is 5.25 Å². The maximum Gasteiger partial charge on any atom is 0.236 e. The first-order valence-electron chi connectivity index (χ1n) is 6.96. The van der Waals surface area contributed by atoms with Gasteiger partial charge in [0.1, 0.15) is 0 Å². The summed E-state index contributed by atoms with van der Waals surface area (Å²) in [6.07, 6.45) is 2.03. The van der Waals surface area contributed by atoms with Crippen LogP contribution in [0, 0.1) is 5.92 Å². The Kier molecular flexibility index (Phi) is 3.80. The molecule has 2 unspecified atom stereocenters. The van der Waals surface area contributed by atoms with Crippen molar-refractivity contribution in [2.45, 2.75) is 23.0 Å². The summed E-state index contributed by atoms with van der Waals surface area (Å²) in [5.74, 6) is 0.961. The highest BCUT2D eigenvalue weighted by atomic mass is 32.2. The Balaban J connectivity index is 1.61. The van der Waals surface area contributed by atoms with E-state index in [1.54, 1.807) is 11.8 Å². The maximum absolute atomic E-state index is 12.6. The van der Waals surface area contributed by atoms with E-state index < -0.39 is 0 Å². The van der Waals surface area contributed by atoms with Gasteiger partial charge in [0.25, 0.3) is 0 Å². The van der Waals surface area contributed by atoms with E-state index in [4.69, 9.17) is 0 Å². The number of nitrogens with zero attached hydrogens (tertiary/aromatic N) is 1. The number of carbonyl (C=O) groups is 1. The summed E-state index contributed by atoms with van der Waals surface area (Å²) in [5, 5.41) is 3.31. The Labute approximate surface area is 118 Å². The largest absolute Gasteiger partial charge is 0.341 e. The minimum Gasteiger partial charge on any atom is -0.341 e. The van der Waals surface area contributed by atoms with Crippen molar-refractivity contribution in [1.82, 2.24) is 10.2 Å². The van der Waals surface area contributed by atoms with Crippen molar-refractivity contribution in [3.8, 4) is 0 Å². The van der Waals surface area contributed by atoms with Gasteiger partial charge in [0, 0.05) is 18.0 Å². The van der Waals surface area contributed by atoms with Crippen molar-refractivity contribution in [3.05, 3.63) is 29.8 Å². The molecule has 4 heteroatoms. The van der Waals surface area contributed by atoms with Crippen LogP contribution in [0.1, 0.15) is 12.0 Å². The molecule has 1 N–H and O–H groups in total. The third kappa shape index (κ3) is 2.65. The lowest BCUT2D eigenvalue weighted by Crippen LogP contribution is -2.36. The Hall–Kier alpha value is -1.00. The molecule has 3 nitrogen and oxygen atoms in total. The molecule has 1 saturated heterocycles. The molecule has 2 aliphatic heterocycles. The maximum atomic E-state index is 12.6. The van der Waals surface area contributed by atoms with E-state index in [1.807, 2.05) is 7.05 Å². The predicted octanol–water partition coefficient (Wildman–Crippen LogP) is 1.77. The van der Waals surface area contributed by atoms with Crippen LogP contribution < -0.4 is 5.32 Å². The summed E-state index contributed by atoms with van der Waals surface area (Å²) in [6.45, 7) is 2.87. The fraction of sp³-hybridized carbons (Fsp3) is 0.533. The monoisotopic (exact) mass is 276 g/mol. The van der Waals surface area contributed by atoms with Crippen molar-refractivity contribution in [2.24, 2.45) is 5.92 Å². The van der Waals surface area contributed by atoms with Crippen molar-refractivity contribution >= 4 is 17.7 Å². The highest BCUT2D eigenvalue weighted by Gasteiger charge is 2.34. The SMILES string of the molecule is CNCC1CCN(C(=O)C2Cc3ccccc3S2)C1. The fourth-order valence-corrected chi connectivity index (χ4v) is 4.29. The molecule has 2 aliphatic rings. The molecule has 0 aliphatic carbocycles. The van der Waals surface area contributed by atoms with Crippen molar-refractivity contribution < 1.29 is 4.79 Å². The third-order valence-corrected chi connectivity index (χ3v) is 5.32. The normalized spacial score (nSPS) is 25.6. The fourth-order valence-electron chi connectivity index (χ4n) is 3.01. The second-order valence-corrected chi connectivity index (χ2v) is 6.66. The molecule has 0 radical (unpaired) electrons. The van der Waals surface area contributed by atoms with E-state index in [0.29, 0.717) is 11.8 Å². The van der Waals surface area contributed by atoms with Gasteiger partial charge >= 0.3 is 0 Å². The summed E-state index contributed by atoms with van der Waals surface area (Å²) in [4.78, 5) is 15.9. The highest BCUT2D eigenvalue weighted by molar-refractivity contribution is 8.01. The van der Waals surface area contributed by atoms with Crippen molar-refractivity contribution in [3.63, 3.8) is 0 Å². The average Bonchev–Trinajstić information content (AvgIpc) is 3.04. The van der Waals surface area contributed by atoms with Gasteiger partial charge in [-0.3, -0.25) is 4.79 Å². The molecule has 2 heterocycles. The molecule has 19 heavy (non-hydrogen) atoms. The smallest absolute Gasteiger partial charge is 0.236 e. The van der Waals surface area contributed by atoms with Crippen LogP contribution in [-0.2, 0) is 11.2 Å². The van der Waals surface area contributed by atoms with E-state index in [1.165, 1.54) is 10.5 Å². The molecule has 3 rings (SSSR count). The molecule has 0 aromatic heterocycles. The summed E-state index contributed by atoms with van der Waals surface area (Å²) in [5.41, 5.74) is 1.33. The summed E-state index contributed by atoms with van der Waals surface area (Å²) >= 11 is 1.74. The topological polar surface area (TPSA) is 32.3 Å². The molecule has 1 aromatic rings. The van der Waals surface area contributed by atoms with Crippen LogP contribution in [0.25, 0.3) is 0 Å². The quantitative estimate of drug-likeness (QED) is 0.913. The lowest BCUT2D eigenvalue weighted by atomic mass is 10.1. The van der Waals surface area contributed by atoms with Crippen LogP contribution in [0.15, 0.2) is 29.2 Å². The van der Waals surface area contributed by atoms with E-state index in [0.717, 1.165) is 32.5 Å². The molecule has 1 aromatic carbocycles. The van der Waals surface area contributed by atoms with Crippen LogP contribution in [0.2, 0.25) is 0 Å². The zero-order valence-electron chi connectivity index (χ0n) is 11.3. The van der Waals surface area contributed by atoms with E-state index in [2.05, 4.69) is 34.5 Å². The number of benzene rings is 1. The Bertz CT molecular complexity index is 452. The first-order valence-corrected chi connectivity index (χ1v) is 7.84. The second-order valence-electron chi connectivity index (χ2n) is 5.41. The van der Waals surface area contributed by atoms with Crippen molar-refractivity contribution in [2.75, 3.05) is 26.7 Å². The van der Waals surface area contributed by atoms with Gasteiger partial charge in [-0.2, -0.15) is 0 Å². The van der Waals surface area contributed by atoms with Gasteiger partial charge in [0.2, 0.25) is 5.91 Å². The standard InChI is InChI=1S/C15H20N2OS/c1-16-9-11-6-7-17(10-11)15(18)14-8-12-4-2-3-5-13(12)19-14/h2-5,11,14,16H,6-10H2,1H3. The van der Waals surface area contributed by atoms with Gasteiger partial charge in [-0.25, -0.2) is 0 Å². The predicted molar refractivity (Wildman–Crippen MR) is 78.4 cm³/mol. The van der Waals surface area contributed by atoms with Crippen LogP contribution in [-0.4, -0.2) is 42.7 Å². The summed E-state index contributed by atoms with van der Waals surface area (Å²) in [6, 6.07) is 8.38. The number of hydrogen-bond donors (Lipinski definition) is 1. The van der Waals surface area contributed by atoms with Crippen LogP contribution >= 0.6 is 11.8 Å². The Morgan fingerprint density at radius 2 is 2.32 bits per heavy atom. The van der Waals surface area contributed by atoms with Crippen molar-refractivity contribution in [1.29, 1.82) is 0 Å². The second kappa shape index (κ2) is 5.55. The minimum absolute atomic E-state index is 0.103. The number of rotatable bonds is 3. The number of fused-ring (bicyclic) bond motifs is 1.